The van der Waals surface area contributed by atoms with E-state index in [0.29, 0.717) is 10.0 Å². The van der Waals surface area contributed by atoms with E-state index in [2.05, 4.69) is 33.9 Å². The molecule has 0 aromatic heterocycles. The van der Waals surface area contributed by atoms with Crippen molar-refractivity contribution in [3.63, 3.8) is 0 Å². The van der Waals surface area contributed by atoms with Gasteiger partial charge in [-0.1, -0.05) is 28.1 Å². The summed E-state index contributed by atoms with van der Waals surface area (Å²) in [6, 6.07) is 7.12. The monoisotopic (exact) mass is 401 g/mol. The summed E-state index contributed by atoms with van der Waals surface area (Å²) in [6.07, 6.45) is 0. The van der Waals surface area contributed by atoms with E-state index in [1.54, 1.807) is 0 Å². The number of hydrogen-bond acceptors (Lipinski definition) is 3. The number of benzene rings is 2. The molecule has 0 amide bonds. The number of para-hydroxylation sites is 1. The van der Waals surface area contributed by atoms with Crippen LogP contribution in [0.5, 0.6) is 0 Å². The van der Waals surface area contributed by atoms with Crippen LogP contribution in [0.4, 0.5) is 18.9 Å². The largest absolute Gasteiger partial charge is 0.345 e. The van der Waals surface area contributed by atoms with E-state index in [1.165, 1.54) is 31.2 Å². The molecular formula is C16H11BrF3NOS. The molecule has 23 heavy (non-hydrogen) atoms. The highest BCUT2D eigenvalue weighted by Gasteiger charge is 2.18. The van der Waals surface area contributed by atoms with Crippen molar-refractivity contribution in [2.45, 2.75) is 6.92 Å². The molecule has 2 aromatic carbocycles. The number of thiol groups is 1. The number of rotatable bonds is 4. The first-order valence-corrected chi connectivity index (χ1v) is 7.66. The van der Waals surface area contributed by atoms with E-state index in [4.69, 9.17) is 0 Å². The first kappa shape index (κ1) is 17.6. The number of nitrogens with one attached hydrogen (secondary N) is 1. The molecule has 0 unspecified atom stereocenters. The van der Waals surface area contributed by atoms with Crippen molar-refractivity contribution >= 4 is 45.6 Å². The van der Waals surface area contributed by atoms with Gasteiger partial charge in [0.25, 0.3) is 0 Å². The maximum Gasteiger partial charge on any atom is 0.163 e. The fraction of sp³-hybridized carbons (Fsp3) is 0.0625. The molecule has 2 rings (SSSR count). The van der Waals surface area contributed by atoms with E-state index in [-0.39, 0.29) is 10.6 Å². The van der Waals surface area contributed by atoms with Gasteiger partial charge in [0.05, 0.1) is 10.6 Å². The molecule has 0 bridgehead atoms. The Morgan fingerprint density at radius 1 is 1.13 bits per heavy atom. The highest BCUT2D eigenvalue weighted by molar-refractivity contribution is 9.10. The molecule has 2 aromatic rings. The van der Waals surface area contributed by atoms with Gasteiger partial charge in [0, 0.05) is 10.0 Å². The number of carbonyl (C=O) groups is 1. The number of anilines is 1. The van der Waals surface area contributed by atoms with Gasteiger partial charge in [-0.15, -0.1) is 12.6 Å². The zero-order chi connectivity index (χ0) is 17.1. The van der Waals surface area contributed by atoms with Gasteiger partial charge in [0.2, 0.25) is 0 Å². The van der Waals surface area contributed by atoms with Crippen LogP contribution >= 0.6 is 28.6 Å². The molecule has 0 atom stereocenters. The lowest BCUT2D eigenvalue weighted by Crippen LogP contribution is -2.07. The van der Waals surface area contributed by atoms with E-state index >= 15 is 0 Å². The Balaban J connectivity index is 2.55. The Bertz CT molecular complexity index is 788. The molecule has 1 N–H and O–H groups in total. The molecule has 7 heteroatoms. The van der Waals surface area contributed by atoms with Crippen molar-refractivity contribution < 1.29 is 18.0 Å². The third kappa shape index (κ3) is 3.97. The van der Waals surface area contributed by atoms with Crippen molar-refractivity contribution in [1.29, 1.82) is 0 Å². The minimum absolute atomic E-state index is 0.0474. The summed E-state index contributed by atoms with van der Waals surface area (Å²) in [5.41, 5.74) is 0.00509. The molecule has 0 aliphatic heterocycles. The first-order chi connectivity index (χ1) is 10.8. The Hall–Kier alpha value is -1.73. The second-order valence-electron chi connectivity index (χ2n) is 4.63. The summed E-state index contributed by atoms with van der Waals surface area (Å²) in [4.78, 5) is 11.9. The molecule has 2 nitrogen and oxygen atoms in total. The van der Waals surface area contributed by atoms with Crippen LogP contribution < -0.4 is 5.32 Å². The summed E-state index contributed by atoms with van der Waals surface area (Å²) in [6.45, 7) is 1.28. The quantitative estimate of drug-likeness (QED) is 0.546. The number of hydrogen-bond donors (Lipinski definition) is 2. The average molecular weight is 402 g/mol. The Kier molecular flexibility index (Phi) is 5.54. The van der Waals surface area contributed by atoms with Crippen LogP contribution in [0.2, 0.25) is 0 Å². The third-order valence-corrected chi connectivity index (χ3v) is 3.99. The van der Waals surface area contributed by atoms with Crippen molar-refractivity contribution in [1.82, 2.24) is 0 Å². The normalized spacial score (nSPS) is 11.9. The van der Waals surface area contributed by atoms with E-state index in [9.17, 15) is 18.0 Å². The second-order valence-corrected chi connectivity index (χ2v) is 5.93. The number of Topliss-reactive ketones (excluding diaryl/α,β-unsaturated/α-hetero) is 1. The van der Waals surface area contributed by atoms with Gasteiger partial charge in [0.1, 0.15) is 23.1 Å². The minimum atomic E-state index is -0.822. The summed E-state index contributed by atoms with van der Waals surface area (Å²) in [5, 5.41) is 2.41. The average Bonchev–Trinajstić information content (AvgIpc) is 2.45. The lowest BCUT2D eigenvalue weighted by molar-refractivity contribution is -0.111. The van der Waals surface area contributed by atoms with Gasteiger partial charge in [-0.3, -0.25) is 4.79 Å². The van der Waals surface area contributed by atoms with Crippen molar-refractivity contribution in [3.05, 3.63) is 68.9 Å². The second kappa shape index (κ2) is 7.23. The highest BCUT2D eigenvalue weighted by atomic mass is 79.9. The minimum Gasteiger partial charge on any atom is -0.345 e. The lowest BCUT2D eigenvalue weighted by atomic mass is 10.0. The highest BCUT2D eigenvalue weighted by Crippen LogP contribution is 2.31. The zero-order valence-corrected chi connectivity index (χ0v) is 14.3. The van der Waals surface area contributed by atoms with Crippen LogP contribution in [0.25, 0.3) is 5.57 Å². The number of halogens is 4. The van der Waals surface area contributed by atoms with Gasteiger partial charge in [-0.25, -0.2) is 13.2 Å². The van der Waals surface area contributed by atoms with Gasteiger partial charge >= 0.3 is 0 Å². The Morgan fingerprint density at radius 3 is 2.26 bits per heavy atom. The predicted molar refractivity (Wildman–Crippen MR) is 90.7 cm³/mol. The van der Waals surface area contributed by atoms with Crippen molar-refractivity contribution in [2.24, 2.45) is 0 Å². The van der Waals surface area contributed by atoms with E-state index in [1.807, 2.05) is 0 Å². The van der Waals surface area contributed by atoms with Crippen LogP contribution in [0.3, 0.4) is 0 Å². The first-order valence-electron chi connectivity index (χ1n) is 6.42. The van der Waals surface area contributed by atoms with Crippen LogP contribution in [0.15, 0.2) is 45.9 Å². The molecule has 120 valence electrons. The fourth-order valence-electron chi connectivity index (χ4n) is 1.97. The van der Waals surface area contributed by atoms with E-state index < -0.39 is 28.9 Å². The molecular weight excluding hydrogens is 391 g/mol. The fourth-order valence-corrected chi connectivity index (χ4v) is 2.91. The molecule has 0 radical (unpaired) electrons. The van der Waals surface area contributed by atoms with Gasteiger partial charge in [0.15, 0.2) is 5.78 Å². The predicted octanol–water partition coefficient (Wildman–Crippen LogP) is 5.17. The van der Waals surface area contributed by atoms with Crippen LogP contribution in [0.1, 0.15) is 12.5 Å². The molecule has 0 aliphatic carbocycles. The molecule has 0 fully saturated rings. The zero-order valence-electron chi connectivity index (χ0n) is 11.8. The maximum absolute atomic E-state index is 13.7. The van der Waals surface area contributed by atoms with Crippen LogP contribution in [0, 0.1) is 17.5 Å². The Labute approximate surface area is 144 Å². The molecule has 0 heterocycles. The van der Waals surface area contributed by atoms with Crippen molar-refractivity contribution in [2.75, 3.05) is 5.32 Å². The summed E-state index contributed by atoms with van der Waals surface area (Å²) < 4.78 is 40.9. The Morgan fingerprint density at radius 2 is 1.74 bits per heavy atom. The van der Waals surface area contributed by atoms with Gasteiger partial charge in [-0.2, -0.15) is 0 Å². The maximum atomic E-state index is 13.7. The summed E-state index contributed by atoms with van der Waals surface area (Å²) in [5.74, 6) is -2.53. The standard InChI is InChI=1S/C16H11BrF3NOS/c1-8(22)14(10-6-5-9(18)7-11(10)17)16(23)21-15-12(19)3-2-4-13(15)20/h2-7,21,23H,1H3/b16-14-. The number of allylic oxidation sites excluding steroid dienone is 1. The van der Waals surface area contributed by atoms with Crippen LogP contribution in [-0.4, -0.2) is 5.78 Å². The topological polar surface area (TPSA) is 29.1 Å². The number of carbonyl (C=O) groups excluding carboxylic acids is 1. The van der Waals surface area contributed by atoms with Crippen molar-refractivity contribution in [3.8, 4) is 0 Å². The van der Waals surface area contributed by atoms with E-state index in [0.717, 1.165) is 12.1 Å². The summed E-state index contributed by atoms with van der Waals surface area (Å²) >= 11 is 7.32. The molecule has 0 saturated carbocycles. The molecule has 0 spiro atoms. The number of ketones is 1. The lowest BCUT2D eigenvalue weighted by Gasteiger charge is -2.14. The van der Waals surface area contributed by atoms with Gasteiger partial charge in [-0.05, 0) is 31.2 Å². The van der Waals surface area contributed by atoms with Gasteiger partial charge < -0.3 is 5.32 Å². The smallest absolute Gasteiger partial charge is 0.163 e. The van der Waals surface area contributed by atoms with Crippen LogP contribution in [-0.2, 0) is 4.79 Å². The SMILES string of the molecule is CC(=O)/C(=C(/S)Nc1c(F)cccc1F)c1ccc(F)cc1Br. The third-order valence-electron chi connectivity index (χ3n) is 3.00. The molecule has 0 aliphatic rings. The molecule has 0 saturated heterocycles. The summed E-state index contributed by atoms with van der Waals surface area (Å²) in [7, 11) is 0.